The smallest absolute Gasteiger partial charge is 0.256 e. The van der Waals surface area contributed by atoms with Crippen molar-refractivity contribution in [3.05, 3.63) is 17.1 Å². The van der Waals surface area contributed by atoms with E-state index in [0.29, 0.717) is 5.57 Å². The molecule has 0 aromatic heterocycles. The maximum Gasteiger partial charge on any atom is 0.256 e. The predicted molar refractivity (Wildman–Crippen MR) is 74.6 cm³/mol. The van der Waals surface area contributed by atoms with Crippen molar-refractivity contribution < 1.29 is 14.0 Å². The van der Waals surface area contributed by atoms with E-state index in [2.05, 4.69) is 11.0 Å². The lowest BCUT2D eigenvalue weighted by Crippen LogP contribution is -2.48. The molecular weight excluding hydrogens is 257 g/mol. The maximum atomic E-state index is 12.6. The first kappa shape index (κ1) is 15.0. The number of amides is 1. The molecular formula is C16H22FNO2. The third-order valence-electron chi connectivity index (χ3n) is 4.18. The first-order chi connectivity index (χ1) is 9.49. The second-order valence-corrected chi connectivity index (χ2v) is 6.09. The number of ketones is 1. The molecule has 1 saturated carbocycles. The molecule has 110 valence electrons. The molecule has 0 heterocycles. The molecule has 3 nitrogen and oxygen atoms in total. The Kier molecular flexibility index (Phi) is 4.77. The van der Waals surface area contributed by atoms with E-state index >= 15 is 0 Å². The lowest BCUT2D eigenvalue weighted by atomic mass is 9.80. The Morgan fingerprint density at radius 2 is 1.85 bits per heavy atom. The summed E-state index contributed by atoms with van der Waals surface area (Å²) < 4.78 is 12.6. The molecule has 2 aliphatic carbocycles. The van der Waals surface area contributed by atoms with Gasteiger partial charge in [-0.3, -0.25) is 9.59 Å². The lowest BCUT2D eigenvalue weighted by Gasteiger charge is -2.31. The number of carbonyl (C=O) groups is 2. The molecule has 20 heavy (non-hydrogen) atoms. The van der Waals surface area contributed by atoms with Crippen LogP contribution < -0.4 is 5.32 Å². The van der Waals surface area contributed by atoms with Crippen LogP contribution >= 0.6 is 0 Å². The zero-order chi connectivity index (χ0) is 14.7. The Bertz CT molecular complexity index is 469. The fourth-order valence-electron chi connectivity index (χ4n) is 2.91. The number of nitrogens with one attached hydrogen (secondary N) is 1. The van der Waals surface area contributed by atoms with E-state index < -0.39 is 6.04 Å². The van der Waals surface area contributed by atoms with E-state index in [9.17, 15) is 14.0 Å². The molecule has 0 saturated heterocycles. The van der Waals surface area contributed by atoms with Crippen LogP contribution in [0.25, 0.3) is 0 Å². The van der Waals surface area contributed by atoms with E-state index in [1.54, 1.807) is 0 Å². The molecule has 1 amide bonds. The Balaban J connectivity index is 2.08. The SMILES string of the molecule is CC(C)C(=O)[C@H](NC(=O)C1=C=C(F)C1)C1CCCCC1. The Morgan fingerprint density at radius 3 is 2.35 bits per heavy atom. The predicted octanol–water partition coefficient (Wildman–Crippen LogP) is 3.06. The number of carbonyl (C=O) groups excluding carboxylic acids is 2. The Morgan fingerprint density at radius 1 is 1.25 bits per heavy atom. The molecule has 1 N–H and O–H groups in total. The molecule has 0 aromatic rings. The van der Waals surface area contributed by atoms with Gasteiger partial charge in [0, 0.05) is 12.3 Å². The quantitative estimate of drug-likeness (QED) is 0.786. The highest BCUT2D eigenvalue weighted by molar-refractivity contribution is 5.99. The van der Waals surface area contributed by atoms with Crippen LogP contribution in [0.1, 0.15) is 52.4 Å². The van der Waals surface area contributed by atoms with Crippen LogP contribution in [-0.4, -0.2) is 17.7 Å². The molecule has 1 atom stereocenters. The van der Waals surface area contributed by atoms with Crippen molar-refractivity contribution >= 4 is 11.7 Å². The molecule has 0 radical (unpaired) electrons. The van der Waals surface area contributed by atoms with Crippen LogP contribution in [0.3, 0.4) is 0 Å². The van der Waals surface area contributed by atoms with E-state index in [0.717, 1.165) is 25.7 Å². The van der Waals surface area contributed by atoms with Gasteiger partial charge in [-0.1, -0.05) is 38.8 Å². The van der Waals surface area contributed by atoms with E-state index in [4.69, 9.17) is 0 Å². The van der Waals surface area contributed by atoms with Crippen LogP contribution in [0.5, 0.6) is 0 Å². The minimum atomic E-state index is -0.430. The number of hydrogen-bond acceptors (Lipinski definition) is 2. The van der Waals surface area contributed by atoms with Gasteiger partial charge in [-0.15, -0.1) is 0 Å². The van der Waals surface area contributed by atoms with Gasteiger partial charge in [0.2, 0.25) is 0 Å². The monoisotopic (exact) mass is 279 g/mol. The molecule has 0 aliphatic heterocycles. The highest BCUT2D eigenvalue weighted by atomic mass is 19.1. The van der Waals surface area contributed by atoms with Gasteiger partial charge in [0.15, 0.2) is 5.78 Å². The average Bonchev–Trinajstić information content (AvgIpc) is 2.41. The highest BCUT2D eigenvalue weighted by Gasteiger charge is 2.33. The first-order valence-corrected chi connectivity index (χ1v) is 7.47. The summed E-state index contributed by atoms with van der Waals surface area (Å²) in [6.07, 6.45) is 5.42. The van der Waals surface area contributed by atoms with Crippen LogP contribution in [0, 0.1) is 11.8 Å². The molecule has 0 unspecified atom stereocenters. The normalized spacial score (nSPS) is 20.8. The second-order valence-electron chi connectivity index (χ2n) is 6.09. The Labute approximate surface area is 119 Å². The third kappa shape index (κ3) is 3.37. The van der Waals surface area contributed by atoms with Crippen molar-refractivity contribution in [3.8, 4) is 0 Å². The second kappa shape index (κ2) is 6.36. The molecule has 1 fully saturated rings. The molecule has 4 heteroatoms. The summed E-state index contributed by atoms with van der Waals surface area (Å²) in [7, 11) is 0. The average molecular weight is 279 g/mol. The van der Waals surface area contributed by atoms with Gasteiger partial charge >= 0.3 is 0 Å². The van der Waals surface area contributed by atoms with E-state index in [-0.39, 0.29) is 35.8 Å². The van der Waals surface area contributed by atoms with Crippen molar-refractivity contribution in [2.75, 3.05) is 0 Å². The standard InChI is InChI=1S/C16H22FNO2/c1-10(2)15(19)14(11-6-4-3-5-7-11)18-16(20)12-8-13(17)9-12/h10-11,14H,3-8H2,1-2H3,(H,18,20)/t14-/m1/s1. The van der Waals surface area contributed by atoms with Crippen LogP contribution in [-0.2, 0) is 9.59 Å². The number of halogens is 1. The fourth-order valence-corrected chi connectivity index (χ4v) is 2.91. The minimum Gasteiger partial charge on any atom is -0.342 e. The van der Waals surface area contributed by atoms with Gasteiger partial charge in [-0.25, -0.2) is 4.39 Å². The van der Waals surface area contributed by atoms with Crippen molar-refractivity contribution in [1.82, 2.24) is 5.32 Å². The van der Waals surface area contributed by atoms with Crippen LogP contribution in [0.4, 0.5) is 4.39 Å². The van der Waals surface area contributed by atoms with E-state index in [1.165, 1.54) is 6.42 Å². The molecule has 0 bridgehead atoms. The minimum absolute atomic E-state index is 0.0408. The van der Waals surface area contributed by atoms with Crippen molar-refractivity contribution in [1.29, 1.82) is 0 Å². The van der Waals surface area contributed by atoms with Crippen molar-refractivity contribution in [3.63, 3.8) is 0 Å². The lowest BCUT2D eigenvalue weighted by molar-refractivity contribution is -0.129. The zero-order valence-electron chi connectivity index (χ0n) is 12.2. The molecule has 2 aliphatic rings. The summed E-state index contributed by atoms with van der Waals surface area (Å²) in [5, 5.41) is 2.82. The summed E-state index contributed by atoms with van der Waals surface area (Å²) in [5.41, 5.74) is 2.68. The first-order valence-electron chi connectivity index (χ1n) is 7.47. The summed E-state index contributed by atoms with van der Waals surface area (Å²) in [4.78, 5) is 24.4. The summed E-state index contributed by atoms with van der Waals surface area (Å²) in [6, 6.07) is -0.430. The number of Topliss-reactive ketones (excluding diaryl/α,β-unsaturated/α-hetero) is 1. The number of hydrogen-bond donors (Lipinski definition) is 1. The topological polar surface area (TPSA) is 46.2 Å². The van der Waals surface area contributed by atoms with Gasteiger partial charge in [0.25, 0.3) is 5.91 Å². The summed E-state index contributed by atoms with van der Waals surface area (Å²) >= 11 is 0. The van der Waals surface area contributed by atoms with Gasteiger partial charge in [0.05, 0.1) is 11.6 Å². The zero-order valence-corrected chi connectivity index (χ0v) is 12.2. The molecule has 2 rings (SSSR count). The van der Waals surface area contributed by atoms with Crippen molar-refractivity contribution in [2.24, 2.45) is 11.8 Å². The fraction of sp³-hybridized carbons (Fsp3) is 0.688. The van der Waals surface area contributed by atoms with Crippen LogP contribution in [0.2, 0.25) is 0 Å². The van der Waals surface area contributed by atoms with Crippen molar-refractivity contribution in [2.45, 2.75) is 58.4 Å². The highest BCUT2D eigenvalue weighted by Crippen LogP contribution is 2.29. The third-order valence-corrected chi connectivity index (χ3v) is 4.18. The largest absolute Gasteiger partial charge is 0.342 e. The molecule has 0 aromatic carbocycles. The van der Waals surface area contributed by atoms with Gasteiger partial charge < -0.3 is 5.32 Å². The maximum absolute atomic E-state index is 12.6. The van der Waals surface area contributed by atoms with E-state index in [1.807, 2.05) is 13.8 Å². The van der Waals surface area contributed by atoms with Gasteiger partial charge in [-0.05, 0) is 18.8 Å². The summed E-state index contributed by atoms with van der Waals surface area (Å²) in [5.74, 6) is -0.535. The van der Waals surface area contributed by atoms with Crippen LogP contribution in [0.15, 0.2) is 17.1 Å². The van der Waals surface area contributed by atoms with Gasteiger partial charge in [-0.2, -0.15) is 0 Å². The number of rotatable bonds is 5. The molecule has 0 spiro atoms. The van der Waals surface area contributed by atoms with Gasteiger partial charge in [0.1, 0.15) is 5.83 Å². The summed E-state index contributed by atoms with van der Waals surface area (Å²) in [6.45, 7) is 3.71. The Hall–Kier alpha value is -1.41.